The summed E-state index contributed by atoms with van der Waals surface area (Å²) in [4.78, 5) is 15.1. The van der Waals surface area contributed by atoms with Gasteiger partial charge in [-0.2, -0.15) is 0 Å². The van der Waals surface area contributed by atoms with E-state index in [1.807, 2.05) is 0 Å². The molecule has 1 amide bonds. The highest BCUT2D eigenvalue weighted by Crippen LogP contribution is 2.45. The molecular weight excluding hydrogens is 496 g/mol. The Labute approximate surface area is 219 Å². The third kappa shape index (κ3) is 5.28. The number of primary amides is 1. The molecule has 0 radical (unpaired) electrons. The van der Waals surface area contributed by atoms with Gasteiger partial charge in [0, 0.05) is 16.7 Å². The van der Waals surface area contributed by atoms with E-state index in [-0.39, 0.29) is 17.9 Å². The fraction of sp³-hybridized carbons (Fsp3) is 0.452. The summed E-state index contributed by atoms with van der Waals surface area (Å²) >= 11 is 3.94. The Morgan fingerprint density at radius 2 is 1.86 bits per heavy atom. The minimum atomic E-state index is -0.325. The molecule has 1 fully saturated rings. The zero-order valence-corrected chi connectivity index (χ0v) is 23.2. The second-order valence-corrected chi connectivity index (χ2v) is 11.3. The van der Waals surface area contributed by atoms with Gasteiger partial charge in [0.2, 0.25) is 5.91 Å². The van der Waals surface area contributed by atoms with Gasteiger partial charge in [0.15, 0.2) is 0 Å². The first kappa shape index (κ1) is 25.8. The lowest BCUT2D eigenvalue weighted by molar-refractivity contribution is -0.125. The van der Waals surface area contributed by atoms with E-state index in [1.54, 1.807) is 0 Å². The maximum atomic E-state index is 12.9. The molecule has 2 N–H and O–H groups in total. The van der Waals surface area contributed by atoms with Crippen LogP contribution in [0.15, 0.2) is 54.7 Å². The van der Waals surface area contributed by atoms with Crippen molar-refractivity contribution in [3.63, 3.8) is 0 Å². The van der Waals surface area contributed by atoms with Gasteiger partial charge >= 0.3 is 0 Å². The third-order valence-corrected chi connectivity index (χ3v) is 8.77. The van der Waals surface area contributed by atoms with Crippen LogP contribution >= 0.6 is 15.9 Å². The number of benzene rings is 2. The number of nitrogens with zero attached hydrogens (tertiary/aromatic N) is 1. The molecule has 2 aliphatic carbocycles. The summed E-state index contributed by atoms with van der Waals surface area (Å²) in [5.74, 6) is 1.00. The van der Waals surface area contributed by atoms with E-state index in [0.29, 0.717) is 18.4 Å². The first-order valence-electron chi connectivity index (χ1n) is 13.1. The number of hydrogen-bond acceptors (Lipinski definition) is 2. The number of carbonyl (C=O) groups is 1. The molecular formula is C31H39BrN2O. The molecule has 186 valence electrons. The fourth-order valence-electron chi connectivity index (χ4n) is 5.85. The Bertz CT molecular complexity index is 1140. The molecule has 2 atom stereocenters. The van der Waals surface area contributed by atoms with Gasteiger partial charge in [0.05, 0.1) is 0 Å². The number of rotatable bonds is 11. The molecule has 4 heteroatoms. The van der Waals surface area contributed by atoms with Crippen LogP contribution in [0.1, 0.15) is 74.8 Å². The molecule has 0 aliphatic heterocycles. The van der Waals surface area contributed by atoms with Gasteiger partial charge in [-0.15, -0.1) is 0 Å². The van der Waals surface area contributed by atoms with Crippen LogP contribution in [-0.4, -0.2) is 16.8 Å². The zero-order valence-electron chi connectivity index (χ0n) is 21.6. The quantitative estimate of drug-likeness (QED) is 0.328. The number of carbonyl (C=O) groups excluding carboxylic acids is 1. The monoisotopic (exact) mass is 534 g/mol. The van der Waals surface area contributed by atoms with Gasteiger partial charge in [-0.3, -0.25) is 4.79 Å². The predicted octanol–water partition coefficient (Wildman–Crippen LogP) is 7.33. The molecule has 0 heterocycles. The molecule has 2 aromatic carbocycles. The maximum absolute atomic E-state index is 12.9. The lowest BCUT2D eigenvalue weighted by atomic mass is 9.82. The molecule has 0 aromatic heterocycles. The summed E-state index contributed by atoms with van der Waals surface area (Å²) in [6, 6.07) is 15.1. The van der Waals surface area contributed by atoms with Crippen molar-refractivity contribution in [2.45, 2.75) is 72.4 Å². The minimum absolute atomic E-state index is 0.231. The molecule has 2 aromatic rings. The van der Waals surface area contributed by atoms with Crippen molar-refractivity contribution in [2.75, 3.05) is 0 Å². The molecule has 35 heavy (non-hydrogen) atoms. The lowest BCUT2D eigenvalue weighted by Crippen LogP contribution is -2.50. The average molecular weight is 536 g/mol. The zero-order chi connectivity index (χ0) is 25.3. The Kier molecular flexibility index (Phi) is 7.90. The molecule has 2 aliphatic rings. The Morgan fingerprint density at radius 3 is 2.46 bits per heavy atom. The molecule has 3 nitrogen and oxygen atoms in total. The van der Waals surface area contributed by atoms with Gasteiger partial charge in [0.1, 0.15) is 6.04 Å². The van der Waals surface area contributed by atoms with E-state index in [0.717, 1.165) is 25.0 Å². The van der Waals surface area contributed by atoms with Gasteiger partial charge in [-0.05, 0) is 105 Å². The third-order valence-electron chi connectivity index (χ3n) is 7.86. The number of nitrogens with two attached hydrogens (primary N) is 1. The van der Waals surface area contributed by atoms with Crippen LogP contribution in [0, 0.1) is 17.8 Å². The summed E-state index contributed by atoms with van der Waals surface area (Å²) in [6.45, 7) is 13.8. The largest absolute Gasteiger partial charge is 0.368 e. The van der Waals surface area contributed by atoms with Crippen molar-refractivity contribution in [3.8, 4) is 0 Å². The highest BCUT2D eigenvalue weighted by molar-refractivity contribution is 9.15. The minimum Gasteiger partial charge on any atom is -0.368 e. The molecule has 0 saturated heterocycles. The predicted molar refractivity (Wildman–Crippen MR) is 151 cm³/mol. The summed E-state index contributed by atoms with van der Waals surface area (Å²) in [5.41, 5.74) is 14.9. The first-order chi connectivity index (χ1) is 16.8. The summed E-state index contributed by atoms with van der Waals surface area (Å²) < 4.78 is 1.18. The maximum Gasteiger partial charge on any atom is 0.240 e. The Hall–Kier alpha value is -2.33. The molecule has 2 unspecified atom stereocenters. The SMILES string of the molecule is C=C(CC)N(Cc1ccc2c(c1)C(Br)=C(c1ccccc1CC)C2)C(C(N)=O)C(C(C)C)C1CC1. The number of allylic oxidation sites excluding steroid dienone is 2. The molecule has 4 rings (SSSR count). The van der Waals surface area contributed by atoms with E-state index in [1.165, 1.54) is 50.7 Å². The van der Waals surface area contributed by atoms with Crippen molar-refractivity contribution >= 4 is 31.9 Å². The summed E-state index contributed by atoms with van der Waals surface area (Å²) in [5, 5.41) is 0. The standard InChI is InChI=1S/C31H39BrN2O/c1-6-20(5)34(30(31(33)35)28(19(3)4)23-14-15-23)18-21-12-13-24-17-27(29(32)26(24)16-21)25-11-9-8-10-22(25)7-2/h8-13,16,19,23,28,30H,5-7,14-15,17-18H2,1-4H3,(H2,33,35). The average Bonchev–Trinajstić information content (AvgIpc) is 3.63. The van der Waals surface area contributed by atoms with Gasteiger partial charge < -0.3 is 10.6 Å². The number of hydrogen-bond donors (Lipinski definition) is 1. The van der Waals surface area contributed by atoms with Crippen molar-refractivity contribution in [2.24, 2.45) is 23.5 Å². The Balaban J connectivity index is 1.68. The van der Waals surface area contributed by atoms with E-state index in [2.05, 4.69) is 97.6 Å². The summed E-state index contributed by atoms with van der Waals surface area (Å²) in [6.07, 6.45) is 5.13. The molecule has 0 spiro atoms. The van der Waals surface area contributed by atoms with E-state index >= 15 is 0 Å². The first-order valence-corrected chi connectivity index (χ1v) is 13.9. The van der Waals surface area contributed by atoms with Gasteiger partial charge in [-0.25, -0.2) is 0 Å². The van der Waals surface area contributed by atoms with Crippen molar-refractivity contribution in [3.05, 3.63) is 82.6 Å². The number of fused-ring (bicyclic) bond motifs is 1. The number of amides is 1. The van der Waals surface area contributed by atoms with Crippen LogP contribution in [0.25, 0.3) is 10.1 Å². The van der Waals surface area contributed by atoms with Crippen molar-refractivity contribution < 1.29 is 4.79 Å². The topological polar surface area (TPSA) is 46.3 Å². The number of halogens is 1. The van der Waals surface area contributed by atoms with Crippen LogP contribution < -0.4 is 5.73 Å². The smallest absolute Gasteiger partial charge is 0.240 e. The van der Waals surface area contributed by atoms with Crippen LogP contribution in [0.4, 0.5) is 0 Å². The van der Waals surface area contributed by atoms with Crippen LogP contribution in [0.5, 0.6) is 0 Å². The van der Waals surface area contributed by atoms with E-state index in [4.69, 9.17) is 5.73 Å². The lowest BCUT2D eigenvalue weighted by Gasteiger charge is -2.39. The van der Waals surface area contributed by atoms with Crippen molar-refractivity contribution in [1.29, 1.82) is 0 Å². The second-order valence-electron chi connectivity index (χ2n) is 10.5. The van der Waals surface area contributed by atoms with E-state index < -0.39 is 0 Å². The second kappa shape index (κ2) is 10.7. The highest BCUT2D eigenvalue weighted by atomic mass is 79.9. The molecule has 1 saturated carbocycles. The van der Waals surface area contributed by atoms with Crippen LogP contribution in [-0.2, 0) is 24.2 Å². The normalized spacial score (nSPS) is 16.9. The van der Waals surface area contributed by atoms with Crippen LogP contribution in [0.2, 0.25) is 0 Å². The Morgan fingerprint density at radius 1 is 1.14 bits per heavy atom. The highest BCUT2D eigenvalue weighted by Gasteiger charge is 2.43. The van der Waals surface area contributed by atoms with Crippen molar-refractivity contribution in [1.82, 2.24) is 4.90 Å². The number of aryl methyl sites for hydroxylation is 1. The molecule has 0 bridgehead atoms. The summed E-state index contributed by atoms with van der Waals surface area (Å²) in [7, 11) is 0. The van der Waals surface area contributed by atoms with E-state index in [9.17, 15) is 4.79 Å². The fourth-order valence-corrected chi connectivity index (χ4v) is 6.58. The van der Waals surface area contributed by atoms with Gasteiger partial charge in [-0.1, -0.05) is 70.7 Å². The van der Waals surface area contributed by atoms with Crippen LogP contribution in [0.3, 0.4) is 0 Å². The van der Waals surface area contributed by atoms with Gasteiger partial charge in [0.25, 0.3) is 0 Å².